The van der Waals surface area contributed by atoms with E-state index in [-0.39, 0.29) is 5.56 Å². The van der Waals surface area contributed by atoms with Crippen LogP contribution in [0, 0.1) is 6.92 Å². The molecular formula is C28H32F3N5O2. The van der Waals surface area contributed by atoms with Crippen molar-refractivity contribution in [3.05, 3.63) is 87.3 Å². The van der Waals surface area contributed by atoms with Crippen LogP contribution in [0.2, 0.25) is 0 Å². The number of fused-ring (bicyclic) bond motifs is 1. The van der Waals surface area contributed by atoms with E-state index in [0.717, 1.165) is 57.0 Å². The van der Waals surface area contributed by atoms with E-state index in [0.29, 0.717) is 49.2 Å². The number of rotatable bonds is 7. The van der Waals surface area contributed by atoms with Gasteiger partial charge in [-0.1, -0.05) is 36.4 Å². The minimum atomic E-state index is -4.47. The van der Waals surface area contributed by atoms with Gasteiger partial charge in [0.1, 0.15) is 0 Å². The van der Waals surface area contributed by atoms with Gasteiger partial charge in [-0.25, -0.2) is 4.98 Å². The maximum absolute atomic E-state index is 13.8. The number of nitrogens with zero attached hydrogens (tertiary/aromatic N) is 5. The molecule has 2 aliphatic heterocycles. The second-order valence-corrected chi connectivity index (χ2v) is 9.83. The third kappa shape index (κ3) is 5.92. The fraction of sp³-hybridized carbons (Fsp3) is 0.429. The number of morpholine rings is 1. The van der Waals surface area contributed by atoms with Crippen LogP contribution in [-0.2, 0) is 24.0 Å². The molecular weight excluding hydrogens is 495 g/mol. The molecule has 0 atom stereocenters. The highest BCUT2D eigenvalue weighted by atomic mass is 19.4. The van der Waals surface area contributed by atoms with Gasteiger partial charge in [0.05, 0.1) is 37.8 Å². The molecule has 1 saturated heterocycles. The fourth-order valence-electron chi connectivity index (χ4n) is 5.06. The summed E-state index contributed by atoms with van der Waals surface area (Å²) in [5, 5.41) is 0. The molecule has 0 radical (unpaired) electrons. The number of anilines is 2. The smallest absolute Gasteiger partial charge is 0.379 e. The van der Waals surface area contributed by atoms with Gasteiger partial charge in [-0.3, -0.25) is 24.1 Å². The van der Waals surface area contributed by atoms with Crippen LogP contribution in [0.15, 0.2) is 59.4 Å². The highest BCUT2D eigenvalue weighted by Crippen LogP contribution is 2.34. The Labute approximate surface area is 220 Å². The number of hydrogen-bond acceptors (Lipinski definition) is 6. The Morgan fingerprint density at radius 3 is 2.42 bits per heavy atom. The van der Waals surface area contributed by atoms with Crippen LogP contribution in [0.25, 0.3) is 0 Å². The Kier molecular flexibility index (Phi) is 7.83. The maximum Gasteiger partial charge on any atom is 0.416 e. The van der Waals surface area contributed by atoms with E-state index in [9.17, 15) is 18.0 Å². The van der Waals surface area contributed by atoms with E-state index in [4.69, 9.17) is 9.72 Å². The minimum absolute atomic E-state index is 0.161. The molecule has 0 spiro atoms. The third-order valence-corrected chi connectivity index (χ3v) is 7.13. The van der Waals surface area contributed by atoms with Crippen molar-refractivity contribution in [2.24, 2.45) is 0 Å². The second kappa shape index (κ2) is 11.3. The molecule has 38 heavy (non-hydrogen) atoms. The van der Waals surface area contributed by atoms with Crippen LogP contribution in [-0.4, -0.2) is 65.4 Å². The number of benzene rings is 2. The molecule has 0 saturated carbocycles. The first-order valence-corrected chi connectivity index (χ1v) is 12.9. The summed E-state index contributed by atoms with van der Waals surface area (Å²) in [5.74, 6) is 0.369. The predicted octanol–water partition coefficient (Wildman–Crippen LogP) is 4.25. The van der Waals surface area contributed by atoms with Crippen molar-refractivity contribution in [1.29, 1.82) is 0 Å². The van der Waals surface area contributed by atoms with Gasteiger partial charge in [0.15, 0.2) is 0 Å². The topological polar surface area (TPSA) is 53.8 Å². The fourth-order valence-corrected chi connectivity index (χ4v) is 5.06. The van der Waals surface area contributed by atoms with E-state index in [1.807, 2.05) is 30.3 Å². The highest BCUT2D eigenvalue weighted by Gasteiger charge is 2.33. The lowest BCUT2D eigenvalue weighted by Gasteiger charge is -2.39. The average molecular weight is 528 g/mol. The molecule has 3 heterocycles. The molecule has 7 nitrogen and oxygen atoms in total. The Morgan fingerprint density at radius 2 is 1.68 bits per heavy atom. The quantitative estimate of drug-likeness (QED) is 0.458. The predicted molar refractivity (Wildman–Crippen MR) is 140 cm³/mol. The molecule has 202 valence electrons. The minimum Gasteiger partial charge on any atom is -0.379 e. The molecule has 1 fully saturated rings. The summed E-state index contributed by atoms with van der Waals surface area (Å²) in [6.07, 6.45) is -3.15. The van der Waals surface area contributed by atoms with Crippen LogP contribution < -0.4 is 10.5 Å². The van der Waals surface area contributed by atoms with Gasteiger partial charge in [0.2, 0.25) is 5.95 Å². The van der Waals surface area contributed by atoms with Gasteiger partial charge in [-0.05, 0) is 43.7 Å². The van der Waals surface area contributed by atoms with Gasteiger partial charge < -0.3 is 4.74 Å². The van der Waals surface area contributed by atoms with Gasteiger partial charge in [-0.2, -0.15) is 13.2 Å². The van der Waals surface area contributed by atoms with Gasteiger partial charge in [-0.15, -0.1) is 0 Å². The molecule has 3 aromatic rings. The van der Waals surface area contributed by atoms with E-state index < -0.39 is 11.7 Å². The third-order valence-electron chi connectivity index (χ3n) is 7.13. The molecule has 1 aromatic heterocycles. The SMILES string of the molecule is Cc1nc2n(c(=O)c1Cc1ccccc1)CN(CCCN1CCOCC1)CN2c1cccc(C(F)(F)F)c1. The molecule has 0 aliphatic carbocycles. The monoisotopic (exact) mass is 527 g/mol. The van der Waals surface area contributed by atoms with Gasteiger partial charge in [0.25, 0.3) is 5.56 Å². The van der Waals surface area contributed by atoms with Crippen molar-refractivity contribution < 1.29 is 17.9 Å². The summed E-state index contributed by atoms with van der Waals surface area (Å²) in [4.78, 5) is 24.7. The molecule has 10 heteroatoms. The number of ether oxygens (including phenoxy) is 1. The van der Waals surface area contributed by atoms with E-state index in [1.54, 1.807) is 22.5 Å². The summed E-state index contributed by atoms with van der Waals surface area (Å²) in [6, 6.07) is 14.9. The lowest BCUT2D eigenvalue weighted by atomic mass is 10.1. The number of halogens is 3. The molecule has 2 aromatic carbocycles. The molecule has 5 rings (SSSR count). The number of aromatic nitrogens is 2. The first-order chi connectivity index (χ1) is 18.3. The largest absolute Gasteiger partial charge is 0.416 e. The summed E-state index contributed by atoms with van der Waals surface area (Å²) in [6.45, 7) is 7.30. The van der Waals surface area contributed by atoms with Crippen molar-refractivity contribution in [2.45, 2.75) is 32.6 Å². The summed E-state index contributed by atoms with van der Waals surface area (Å²) < 4.78 is 47.6. The van der Waals surface area contributed by atoms with Crippen molar-refractivity contribution in [3.63, 3.8) is 0 Å². The Hall–Kier alpha value is -3.21. The normalized spacial score (nSPS) is 17.0. The van der Waals surface area contributed by atoms with Crippen LogP contribution in [0.3, 0.4) is 0 Å². The van der Waals surface area contributed by atoms with Crippen LogP contribution in [0.1, 0.15) is 28.8 Å². The average Bonchev–Trinajstić information content (AvgIpc) is 2.92. The Balaban J connectivity index is 1.47. The number of hydrogen-bond donors (Lipinski definition) is 0. The molecule has 2 aliphatic rings. The number of aryl methyl sites for hydroxylation is 1. The summed E-state index contributed by atoms with van der Waals surface area (Å²) in [5.41, 5.74) is 1.65. The van der Waals surface area contributed by atoms with Crippen molar-refractivity contribution >= 4 is 11.6 Å². The molecule has 0 bridgehead atoms. The highest BCUT2D eigenvalue weighted by molar-refractivity contribution is 5.60. The van der Waals surface area contributed by atoms with E-state index >= 15 is 0 Å². The Bertz CT molecular complexity index is 1310. The Morgan fingerprint density at radius 1 is 0.947 bits per heavy atom. The maximum atomic E-state index is 13.8. The zero-order chi connectivity index (χ0) is 26.7. The van der Waals surface area contributed by atoms with E-state index in [2.05, 4.69) is 9.80 Å². The standard InChI is InChI=1S/C28H32F3N5O2/c1-21-25(17-22-7-3-2-4-8-22)26(37)36-20-34(12-6-11-33-13-15-38-16-14-33)19-35(27(36)32-21)24-10-5-9-23(18-24)28(29,30)31/h2-5,7-10,18H,6,11-17,19-20H2,1H3. The second-order valence-electron chi connectivity index (χ2n) is 9.83. The van der Waals surface area contributed by atoms with E-state index in [1.165, 1.54) is 6.07 Å². The lowest BCUT2D eigenvalue weighted by Crippen LogP contribution is -2.48. The van der Waals surface area contributed by atoms with Crippen molar-refractivity contribution in [2.75, 3.05) is 51.0 Å². The first kappa shape index (κ1) is 26.4. The first-order valence-electron chi connectivity index (χ1n) is 12.9. The molecule has 0 unspecified atom stereocenters. The van der Waals surface area contributed by atoms with Crippen LogP contribution >= 0.6 is 0 Å². The zero-order valence-electron chi connectivity index (χ0n) is 21.5. The van der Waals surface area contributed by atoms with Gasteiger partial charge in [0, 0.05) is 37.3 Å². The molecule has 0 N–H and O–H groups in total. The summed E-state index contributed by atoms with van der Waals surface area (Å²) >= 11 is 0. The zero-order valence-corrected chi connectivity index (χ0v) is 21.5. The lowest BCUT2D eigenvalue weighted by molar-refractivity contribution is -0.137. The van der Waals surface area contributed by atoms with Crippen LogP contribution in [0.4, 0.5) is 24.8 Å². The number of alkyl halides is 3. The molecule has 0 amide bonds. The van der Waals surface area contributed by atoms with Gasteiger partial charge >= 0.3 is 6.18 Å². The van der Waals surface area contributed by atoms with Crippen molar-refractivity contribution in [3.8, 4) is 0 Å². The summed E-state index contributed by atoms with van der Waals surface area (Å²) in [7, 11) is 0. The van der Waals surface area contributed by atoms with Crippen molar-refractivity contribution in [1.82, 2.24) is 19.4 Å². The van der Waals surface area contributed by atoms with Crippen LogP contribution in [0.5, 0.6) is 0 Å².